The third kappa shape index (κ3) is 5.23. The molecule has 2 saturated heterocycles. The van der Waals surface area contributed by atoms with Crippen molar-refractivity contribution in [3.05, 3.63) is 94.9 Å². The number of aromatic nitrogens is 1. The molecule has 6 heteroatoms. The van der Waals surface area contributed by atoms with E-state index < -0.39 is 5.60 Å². The molecule has 0 radical (unpaired) electrons. The fraction of sp³-hybridized carbons (Fsp3) is 0.486. The first-order chi connectivity index (χ1) is 19.9. The quantitative estimate of drug-likeness (QED) is 0.351. The van der Waals surface area contributed by atoms with E-state index in [1.807, 2.05) is 53.2 Å². The van der Waals surface area contributed by atoms with Gasteiger partial charge in [0.15, 0.2) is 0 Å². The summed E-state index contributed by atoms with van der Waals surface area (Å²) in [4.78, 5) is 31.8. The highest BCUT2D eigenvalue weighted by Gasteiger charge is 2.57. The lowest BCUT2D eigenvalue weighted by Crippen LogP contribution is -2.64. The molecule has 41 heavy (non-hydrogen) atoms. The molecule has 2 aliphatic heterocycles. The van der Waals surface area contributed by atoms with Gasteiger partial charge in [0.05, 0.1) is 18.2 Å². The van der Waals surface area contributed by atoms with Gasteiger partial charge in [0.2, 0.25) is 0 Å². The average Bonchev–Trinajstić information content (AvgIpc) is 3.49. The summed E-state index contributed by atoms with van der Waals surface area (Å²) >= 11 is 0. The zero-order valence-electron chi connectivity index (χ0n) is 24.5. The Kier molecular flexibility index (Phi) is 7.78. The van der Waals surface area contributed by atoms with E-state index in [-0.39, 0.29) is 23.0 Å². The number of amides is 2. The van der Waals surface area contributed by atoms with Crippen molar-refractivity contribution in [3.8, 4) is 11.1 Å². The molecule has 0 bridgehead atoms. The normalized spacial score (nSPS) is 25.9. The van der Waals surface area contributed by atoms with Gasteiger partial charge in [0.25, 0.3) is 5.56 Å². The molecule has 3 atom stereocenters. The molecule has 3 aliphatic rings. The van der Waals surface area contributed by atoms with Crippen molar-refractivity contribution in [2.45, 2.75) is 70.1 Å². The first-order valence-electron chi connectivity index (χ1n) is 15.4. The van der Waals surface area contributed by atoms with Crippen LogP contribution >= 0.6 is 0 Å². The molecule has 1 spiro atoms. The standard InChI is InChI=1S/C35H43N3O3/c1-27-15-21-38(31(23-27)29-13-7-4-8-14-29)33(40)37-22-19-35(41-2,34(25-37)17-9-10-18-34)26-36-20-16-30(24-32(36)39)28-11-5-3-6-12-28/h3-8,11-14,16,20,24,27,31H,9-10,15,17-19,21-23,25-26H2,1-2H3/t27-,31+,35-/m1/s1. The maximum Gasteiger partial charge on any atom is 0.320 e. The van der Waals surface area contributed by atoms with Gasteiger partial charge in [-0.25, -0.2) is 4.79 Å². The summed E-state index contributed by atoms with van der Waals surface area (Å²) in [6.45, 7) is 4.92. The number of carbonyl (C=O) groups excluding carboxylic acids is 1. The maximum absolute atomic E-state index is 14.2. The molecule has 0 unspecified atom stereocenters. The van der Waals surface area contributed by atoms with Crippen LogP contribution in [0.1, 0.15) is 63.5 Å². The Morgan fingerprint density at radius 2 is 1.63 bits per heavy atom. The number of likely N-dealkylation sites (tertiary alicyclic amines) is 2. The highest BCUT2D eigenvalue weighted by Crippen LogP contribution is 2.53. The molecule has 1 aromatic heterocycles. The van der Waals surface area contributed by atoms with Crippen LogP contribution in [0.3, 0.4) is 0 Å². The number of urea groups is 1. The highest BCUT2D eigenvalue weighted by atomic mass is 16.5. The maximum atomic E-state index is 14.2. The third-order valence-electron chi connectivity index (χ3n) is 10.3. The number of piperidine rings is 2. The average molecular weight is 554 g/mol. The van der Waals surface area contributed by atoms with Gasteiger partial charge in [-0.15, -0.1) is 0 Å². The largest absolute Gasteiger partial charge is 0.376 e. The van der Waals surface area contributed by atoms with E-state index in [2.05, 4.69) is 41.0 Å². The van der Waals surface area contributed by atoms with Crippen LogP contribution in [-0.4, -0.2) is 52.7 Å². The predicted octanol–water partition coefficient (Wildman–Crippen LogP) is 6.76. The number of carbonyl (C=O) groups is 1. The zero-order valence-corrected chi connectivity index (χ0v) is 24.5. The Balaban J connectivity index is 1.25. The predicted molar refractivity (Wildman–Crippen MR) is 163 cm³/mol. The second-order valence-electron chi connectivity index (χ2n) is 12.6. The Labute approximate surface area is 243 Å². The molecular formula is C35H43N3O3. The van der Waals surface area contributed by atoms with Crippen molar-refractivity contribution in [2.75, 3.05) is 26.7 Å². The summed E-state index contributed by atoms with van der Waals surface area (Å²) in [5.41, 5.74) is 2.52. The molecular weight excluding hydrogens is 510 g/mol. The molecule has 0 N–H and O–H groups in total. The summed E-state index contributed by atoms with van der Waals surface area (Å²) in [6, 6.07) is 24.6. The van der Waals surface area contributed by atoms with Gasteiger partial charge >= 0.3 is 6.03 Å². The number of methoxy groups -OCH3 is 1. The van der Waals surface area contributed by atoms with Gasteiger partial charge in [-0.05, 0) is 60.8 Å². The van der Waals surface area contributed by atoms with Gasteiger partial charge in [-0.2, -0.15) is 0 Å². The highest BCUT2D eigenvalue weighted by molar-refractivity contribution is 5.75. The van der Waals surface area contributed by atoms with E-state index in [4.69, 9.17) is 4.74 Å². The SMILES string of the molecule is CO[C@@]1(Cn2ccc(-c3ccccc3)cc2=O)CCN(C(=O)N2CC[C@@H](C)C[C@H]2c2ccccc2)CC12CCCC2. The summed E-state index contributed by atoms with van der Waals surface area (Å²) < 4.78 is 8.28. The van der Waals surface area contributed by atoms with Crippen molar-refractivity contribution < 1.29 is 9.53 Å². The number of hydrogen-bond acceptors (Lipinski definition) is 3. The fourth-order valence-corrected chi connectivity index (χ4v) is 7.89. The Bertz CT molecular complexity index is 1400. The Morgan fingerprint density at radius 1 is 0.927 bits per heavy atom. The Hall–Kier alpha value is -3.38. The van der Waals surface area contributed by atoms with E-state index in [9.17, 15) is 9.59 Å². The minimum Gasteiger partial charge on any atom is -0.376 e. The van der Waals surface area contributed by atoms with E-state index in [1.165, 1.54) is 5.56 Å². The van der Waals surface area contributed by atoms with Gasteiger partial charge in [0.1, 0.15) is 0 Å². The van der Waals surface area contributed by atoms with Crippen LogP contribution in [0.15, 0.2) is 83.8 Å². The van der Waals surface area contributed by atoms with E-state index in [0.29, 0.717) is 25.6 Å². The second kappa shape index (κ2) is 11.5. The van der Waals surface area contributed by atoms with Crippen LogP contribution < -0.4 is 5.56 Å². The van der Waals surface area contributed by atoms with Crippen molar-refractivity contribution >= 4 is 6.03 Å². The molecule has 3 aromatic rings. The lowest BCUT2D eigenvalue weighted by Gasteiger charge is -2.55. The first kappa shape index (κ1) is 27.8. The molecule has 2 amide bonds. The lowest BCUT2D eigenvalue weighted by atomic mass is 9.65. The molecule has 6 rings (SSSR count). The first-order valence-corrected chi connectivity index (χ1v) is 15.4. The minimum atomic E-state index is -0.492. The van der Waals surface area contributed by atoms with Crippen LogP contribution in [-0.2, 0) is 11.3 Å². The number of ether oxygens (including phenoxy) is 1. The van der Waals surface area contributed by atoms with Gasteiger partial charge < -0.3 is 19.1 Å². The third-order valence-corrected chi connectivity index (χ3v) is 10.3. The van der Waals surface area contributed by atoms with Crippen molar-refractivity contribution in [2.24, 2.45) is 11.3 Å². The lowest BCUT2D eigenvalue weighted by molar-refractivity contribution is -0.159. The van der Waals surface area contributed by atoms with Crippen molar-refractivity contribution in [1.82, 2.24) is 14.4 Å². The van der Waals surface area contributed by atoms with Crippen LogP contribution in [0.25, 0.3) is 11.1 Å². The fourth-order valence-electron chi connectivity index (χ4n) is 7.89. The van der Waals surface area contributed by atoms with E-state index >= 15 is 0 Å². The number of pyridine rings is 1. The van der Waals surface area contributed by atoms with Crippen LogP contribution in [0.4, 0.5) is 4.79 Å². The van der Waals surface area contributed by atoms with E-state index in [1.54, 1.807) is 13.2 Å². The van der Waals surface area contributed by atoms with Crippen LogP contribution in [0.5, 0.6) is 0 Å². The molecule has 1 saturated carbocycles. The van der Waals surface area contributed by atoms with Crippen molar-refractivity contribution in [3.63, 3.8) is 0 Å². The second-order valence-corrected chi connectivity index (χ2v) is 12.6. The monoisotopic (exact) mass is 553 g/mol. The smallest absolute Gasteiger partial charge is 0.320 e. The number of nitrogens with zero attached hydrogens (tertiary/aromatic N) is 3. The summed E-state index contributed by atoms with van der Waals surface area (Å²) in [6.07, 6.45) is 8.97. The number of benzene rings is 2. The van der Waals surface area contributed by atoms with E-state index in [0.717, 1.165) is 62.6 Å². The molecule has 3 fully saturated rings. The Morgan fingerprint density at radius 3 is 2.32 bits per heavy atom. The summed E-state index contributed by atoms with van der Waals surface area (Å²) in [5.74, 6) is 0.597. The molecule has 6 nitrogen and oxygen atoms in total. The van der Waals surface area contributed by atoms with Gasteiger partial charge in [0, 0.05) is 44.4 Å². The number of hydrogen-bond donors (Lipinski definition) is 0. The van der Waals surface area contributed by atoms with Crippen LogP contribution in [0, 0.1) is 11.3 Å². The van der Waals surface area contributed by atoms with Crippen LogP contribution in [0.2, 0.25) is 0 Å². The molecule has 216 valence electrons. The minimum absolute atomic E-state index is 0.0115. The van der Waals surface area contributed by atoms with Gasteiger partial charge in [-0.1, -0.05) is 80.4 Å². The number of rotatable bonds is 5. The molecule has 1 aliphatic carbocycles. The topological polar surface area (TPSA) is 54.8 Å². The molecule has 3 heterocycles. The van der Waals surface area contributed by atoms with Gasteiger partial charge in [-0.3, -0.25) is 4.79 Å². The van der Waals surface area contributed by atoms with Crippen molar-refractivity contribution in [1.29, 1.82) is 0 Å². The summed E-state index contributed by atoms with van der Waals surface area (Å²) in [7, 11) is 1.80. The molecule has 2 aromatic carbocycles. The zero-order chi connectivity index (χ0) is 28.5. The summed E-state index contributed by atoms with van der Waals surface area (Å²) in [5, 5.41) is 0.